The number of pyridine rings is 2. The maximum Gasteiger partial charge on any atom is 0.387 e. The average molecular weight is 474 g/mol. The van der Waals surface area contributed by atoms with E-state index >= 15 is 0 Å². The topological polar surface area (TPSA) is 85.1 Å². The zero-order chi connectivity index (χ0) is 23.2. The van der Waals surface area contributed by atoms with Crippen molar-refractivity contribution < 1.29 is 13.5 Å². The lowest BCUT2D eigenvalue weighted by Crippen LogP contribution is -2.33. The van der Waals surface area contributed by atoms with Crippen LogP contribution in [0.1, 0.15) is 31.2 Å². The van der Waals surface area contributed by atoms with Gasteiger partial charge in [-0.15, -0.1) is 0 Å². The molecule has 174 valence electrons. The van der Waals surface area contributed by atoms with Gasteiger partial charge < -0.3 is 21.1 Å². The molecule has 9 heteroatoms. The summed E-state index contributed by atoms with van der Waals surface area (Å²) in [6, 6.07) is 12.9. The maximum absolute atomic E-state index is 12.4. The minimum Gasteiger partial charge on any atom is -0.435 e. The summed E-state index contributed by atoms with van der Waals surface area (Å²) in [5.41, 5.74) is 8.53. The Morgan fingerprint density at radius 3 is 2.67 bits per heavy atom. The molecule has 0 spiro atoms. The first-order valence-electron chi connectivity index (χ1n) is 10.9. The monoisotopic (exact) mass is 473 g/mol. The van der Waals surface area contributed by atoms with E-state index < -0.39 is 6.61 Å². The van der Waals surface area contributed by atoms with Crippen LogP contribution in [0.25, 0.3) is 11.1 Å². The molecule has 33 heavy (non-hydrogen) atoms. The number of alkyl halides is 2. The molecular weight excluding hydrogens is 448 g/mol. The van der Waals surface area contributed by atoms with Gasteiger partial charge in [-0.2, -0.15) is 8.78 Å². The van der Waals surface area contributed by atoms with E-state index in [9.17, 15) is 8.78 Å². The quantitative estimate of drug-likeness (QED) is 0.389. The van der Waals surface area contributed by atoms with Gasteiger partial charge in [-0.05, 0) is 67.1 Å². The van der Waals surface area contributed by atoms with Gasteiger partial charge in [0.1, 0.15) is 17.4 Å². The third-order valence-corrected chi connectivity index (χ3v) is 5.95. The summed E-state index contributed by atoms with van der Waals surface area (Å²) >= 11 is 6.45. The number of hydrogen-bond acceptors (Lipinski definition) is 6. The number of ether oxygens (including phenoxy) is 1. The van der Waals surface area contributed by atoms with E-state index in [0.717, 1.165) is 48.2 Å². The van der Waals surface area contributed by atoms with Gasteiger partial charge in [0.2, 0.25) is 0 Å². The zero-order valence-corrected chi connectivity index (χ0v) is 18.7. The van der Waals surface area contributed by atoms with Crippen molar-refractivity contribution in [3.63, 3.8) is 0 Å². The van der Waals surface area contributed by atoms with Crippen LogP contribution in [0.3, 0.4) is 0 Å². The van der Waals surface area contributed by atoms with Crippen molar-refractivity contribution in [3.05, 3.63) is 65.4 Å². The van der Waals surface area contributed by atoms with Crippen LogP contribution in [0.2, 0.25) is 5.02 Å². The van der Waals surface area contributed by atoms with Crippen LogP contribution in [-0.2, 0) is 6.54 Å². The molecule has 0 bridgehead atoms. The summed E-state index contributed by atoms with van der Waals surface area (Å²) in [4.78, 5) is 8.79. The Bertz CT molecular complexity index is 1080. The van der Waals surface area contributed by atoms with Gasteiger partial charge in [0.05, 0.1) is 5.02 Å². The van der Waals surface area contributed by atoms with Gasteiger partial charge in [-0.25, -0.2) is 9.97 Å². The van der Waals surface area contributed by atoms with Crippen LogP contribution in [0.5, 0.6) is 5.75 Å². The van der Waals surface area contributed by atoms with Crippen molar-refractivity contribution >= 4 is 23.2 Å². The SMILES string of the molecule is NC1CCC(Nc2cc(-c3ccnc(NCc4cccc(OC(F)F)c4)c3)c(Cl)cn2)CC1. The van der Waals surface area contributed by atoms with Gasteiger partial charge in [-0.3, -0.25) is 0 Å². The first-order chi connectivity index (χ1) is 16.0. The van der Waals surface area contributed by atoms with Gasteiger partial charge in [0, 0.05) is 36.6 Å². The molecule has 1 saturated carbocycles. The Morgan fingerprint density at radius 2 is 1.88 bits per heavy atom. The molecule has 0 aliphatic heterocycles. The number of nitrogens with zero attached hydrogens (tertiary/aromatic N) is 2. The Labute approximate surface area is 196 Å². The lowest BCUT2D eigenvalue weighted by Gasteiger charge is -2.27. The van der Waals surface area contributed by atoms with E-state index in [-0.39, 0.29) is 5.75 Å². The van der Waals surface area contributed by atoms with Crippen LogP contribution in [0, 0.1) is 0 Å². The molecular formula is C24H26ClF2N5O. The van der Waals surface area contributed by atoms with Crippen molar-refractivity contribution in [1.29, 1.82) is 0 Å². The third kappa shape index (κ3) is 6.52. The summed E-state index contributed by atoms with van der Waals surface area (Å²) in [5.74, 6) is 1.53. The van der Waals surface area contributed by atoms with Gasteiger partial charge >= 0.3 is 6.61 Å². The van der Waals surface area contributed by atoms with E-state index in [1.807, 2.05) is 24.3 Å². The predicted molar refractivity (Wildman–Crippen MR) is 127 cm³/mol. The van der Waals surface area contributed by atoms with E-state index in [4.69, 9.17) is 17.3 Å². The molecule has 1 aliphatic rings. The number of nitrogens with one attached hydrogen (secondary N) is 2. The molecule has 0 saturated heterocycles. The minimum absolute atomic E-state index is 0.120. The van der Waals surface area contributed by atoms with Gasteiger partial charge in [0.15, 0.2) is 0 Å². The average Bonchev–Trinajstić information content (AvgIpc) is 2.80. The number of hydrogen-bond donors (Lipinski definition) is 3. The minimum atomic E-state index is -2.85. The van der Waals surface area contributed by atoms with E-state index in [1.165, 1.54) is 6.07 Å². The molecule has 3 aromatic rings. The normalized spacial score (nSPS) is 18.2. The fraction of sp³-hybridized carbons (Fsp3) is 0.333. The van der Waals surface area contributed by atoms with E-state index in [0.29, 0.717) is 29.5 Å². The fourth-order valence-electron chi connectivity index (χ4n) is 3.93. The van der Waals surface area contributed by atoms with E-state index in [2.05, 4.69) is 25.3 Å². The largest absolute Gasteiger partial charge is 0.435 e. The number of benzene rings is 1. The summed E-state index contributed by atoms with van der Waals surface area (Å²) in [6.45, 7) is -2.45. The number of halogens is 3. The lowest BCUT2D eigenvalue weighted by molar-refractivity contribution is -0.0498. The third-order valence-electron chi connectivity index (χ3n) is 5.65. The second kappa shape index (κ2) is 10.8. The molecule has 0 amide bonds. The van der Waals surface area contributed by atoms with Crippen molar-refractivity contribution in [3.8, 4) is 16.9 Å². The first-order valence-corrected chi connectivity index (χ1v) is 11.3. The van der Waals surface area contributed by atoms with Crippen LogP contribution >= 0.6 is 11.6 Å². The Kier molecular flexibility index (Phi) is 7.57. The molecule has 2 aromatic heterocycles. The van der Waals surface area contributed by atoms with Gasteiger partial charge in [0.25, 0.3) is 0 Å². The molecule has 2 heterocycles. The van der Waals surface area contributed by atoms with E-state index in [1.54, 1.807) is 24.5 Å². The van der Waals surface area contributed by atoms with Crippen molar-refractivity contribution in [2.75, 3.05) is 10.6 Å². The highest BCUT2D eigenvalue weighted by Gasteiger charge is 2.19. The standard InChI is InChI=1S/C24H26ClF2N5O/c25-21-14-31-23(32-18-6-4-17(28)5-7-18)12-20(21)16-8-9-29-22(11-16)30-13-15-2-1-3-19(10-15)33-24(26)27/h1-3,8-12,14,17-18,24H,4-7,13,28H2,(H,29,30)(H,31,32). The Morgan fingerprint density at radius 1 is 1.06 bits per heavy atom. The Hall–Kier alpha value is -2.97. The van der Waals surface area contributed by atoms with Crippen LogP contribution < -0.4 is 21.1 Å². The number of aromatic nitrogens is 2. The van der Waals surface area contributed by atoms with Gasteiger partial charge in [-0.1, -0.05) is 23.7 Å². The molecule has 1 aromatic carbocycles. The summed E-state index contributed by atoms with van der Waals surface area (Å²) in [7, 11) is 0. The lowest BCUT2D eigenvalue weighted by atomic mass is 9.92. The highest BCUT2D eigenvalue weighted by Crippen LogP contribution is 2.31. The zero-order valence-electron chi connectivity index (χ0n) is 18.0. The maximum atomic E-state index is 12.4. The fourth-order valence-corrected chi connectivity index (χ4v) is 4.14. The highest BCUT2D eigenvalue weighted by molar-refractivity contribution is 6.33. The summed E-state index contributed by atoms with van der Waals surface area (Å²) in [6.07, 6.45) is 7.40. The van der Waals surface area contributed by atoms with Crippen molar-refractivity contribution in [2.24, 2.45) is 5.73 Å². The smallest absolute Gasteiger partial charge is 0.387 e. The predicted octanol–water partition coefficient (Wildman–Crippen LogP) is 5.69. The summed E-state index contributed by atoms with van der Waals surface area (Å²) in [5, 5.41) is 7.25. The molecule has 1 fully saturated rings. The molecule has 0 radical (unpaired) electrons. The first kappa shape index (κ1) is 23.2. The highest BCUT2D eigenvalue weighted by atomic mass is 35.5. The van der Waals surface area contributed by atoms with Crippen molar-refractivity contribution in [1.82, 2.24) is 9.97 Å². The van der Waals surface area contributed by atoms with Crippen LogP contribution in [0.15, 0.2) is 54.9 Å². The Balaban J connectivity index is 1.45. The molecule has 4 rings (SSSR count). The number of anilines is 2. The number of rotatable bonds is 8. The molecule has 1 aliphatic carbocycles. The molecule has 6 nitrogen and oxygen atoms in total. The van der Waals surface area contributed by atoms with Crippen LogP contribution in [0.4, 0.5) is 20.4 Å². The second-order valence-electron chi connectivity index (χ2n) is 8.11. The second-order valence-corrected chi connectivity index (χ2v) is 8.52. The molecule has 0 unspecified atom stereocenters. The van der Waals surface area contributed by atoms with Crippen molar-refractivity contribution in [2.45, 2.75) is 50.9 Å². The molecule has 4 N–H and O–H groups in total. The molecule has 0 atom stereocenters. The van der Waals surface area contributed by atoms with Crippen LogP contribution in [-0.4, -0.2) is 28.7 Å². The number of nitrogens with two attached hydrogens (primary N) is 1. The summed E-state index contributed by atoms with van der Waals surface area (Å²) < 4.78 is 29.3.